The molecular formula is C13H17FN2O2S. The first-order chi connectivity index (χ1) is 9.02. The van der Waals surface area contributed by atoms with Crippen LogP contribution in [0.3, 0.4) is 0 Å². The van der Waals surface area contributed by atoms with Crippen molar-refractivity contribution >= 4 is 23.6 Å². The Kier molecular flexibility index (Phi) is 6.35. The van der Waals surface area contributed by atoms with E-state index in [0.717, 1.165) is 4.90 Å². The predicted octanol–water partition coefficient (Wildman–Crippen LogP) is 1.56. The van der Waals surface area contributed by atoms with Crippen LogP contribution in [-0.2, 0) is 9.59 Å². The van der Waals surface area contributed by atoms with Gasteiger partial charge >= 0.3 is 0 Å². The van der Waals surface area contributed by atoms with E-state index < -0.39 is 6.04 Å². The molecule has 0 fully saturated rings. The molecule has 0 bridgehead atoms. The summed E-state index contributed by atoms with van der Waals surface area (Å²) in [4.78, 5) is 23.8. The standard InChI is InChI=1S/C13H17FN2O2S/c1-3-15-13(18)9(2)16-12(17)8-19-11-6-4-10(14)5-7-11/h4-7,9H,3,8H2,1-2H3,(H,15,18)(H,16,17). The molecular weight excluding hydrogens is 267 g/mol. The van der Waals surface area contributed by atoms with Crippen molar-refractivity contribution in [2.45, 2.75) is 24.8 Å². The molecule has 104 valence electrons. The van der Waals surface area contributed by atoms with E-state index in [9.17, 15) is 14.0 Å². The van der Waals surface area contributed by atoms with E-state index in [1.807, 2.05) is 6.92 Å². The number of carbonyl (C=O) groups excluding carboxylic acids is 2. The molecule has 0 aliphatic heterocycles. The number of thioether (sulfide) groups is 1. The second-order valence-corrected chi connectivity index (χ2v) is 4.98. The van der Waals surface area contributed by atoms with E-state index >= 15 is 0 Å². The van der Waals surface area contributed by atoms with Gasteiger partial charge in [0.05, 0.1) is 5.75 Å². The van der Waals surface area contributed by atoms with Crippen LogP contribution in [0.2, 0.25) is 0 Å². The van der Waals surface area contributed by atoms with Gasteiger partial charge in [0, 0.05) is 11.4 Å². The van der Waals surface area contributed by atoms with Crippen LogP contribution in [-0.4, -0.2) is 30.2 Å². The molecule has 1 aromatic carbocycles. The van der Waals surface area contributed by atoms with Crippen molar-refractivity contribution in [2.24, 2.45) is 0 Å². The van der Waals surface area contributed by atoms with E-state index in [2.05, 4.69) is 10.6 Å². The summed E-state index contributed by atoms with van der Waals surface area (Å²) >= 11 is 1.29. The Morgan fingerprint density at radius 1 is 1.32 bits per heavy atom. The van der Waals surface area contributed by atoms with Crippen LogP contribution in [0.15, 0.2) is 29.2 Å². The molecule has 1 rings (SSSR count). The van der Waals surface area contributed by atoms with Crippen molar-refractivity contribution in [2.75, 3.05) is 12.3 Å². The lowest BCUT2D eigenvalue weighted by molar-refractivity contribution is -0.127. The second-order valence-electron chi connectivity index (χ2n) is 3.93. The summed E-state index contributed by atoms with van der Waals surface area (Å²) < 4.78 is 12.7. The second kappa shape index (κ2) is 7.78. The minimum atomic E-state index is -0.554. The molecule has 1 atom stereocenters. The summed E-state index contributed by atoms with van der Waals surface area (Å²) in [5.41, 5.74) is 0. The number of benzene rings is 1. The molecule has 0 aliphatic carbocycles. The fraction of sp³-hybridized carbons (Fsp3) is 0.385. The summed E-state index contributed by atoms with van der Waals surface area (Å²) in [6.07, 6.45) is 0. The number of likely N-dealkylation sites (N-methyl/N-ethyl adjacent to an activating group) is 1. The average molecular weight is 284 g/mol. The lowest BCUT2D eigenvalue weighted by atomic mass is 10.3. The Labute approximate surface area is 116 Å². The summed E-state index contributed by atoms with van der Waals surface area (Å²) in [5.74, 6) is -0.551. The first-order valence-corrected chi connectivity index (χ1v) is 6.97. The van der Waals surface area contributed by atoms with E-state index in [-0.39, 0.29) is 23.4 Å². The summed E-state index contributed by atoms with van der Waals surface area (Å²) in [6, 6.07) is 5.36. The Morgan fingerprint density at radius 2 is 1.95 bits per heavy atom. The maximum Gasteiger partial charge on any atom is 0.242 e. The molecule has 0 spiro atoms. The third-order valence-electron chi connectivity index (χ3n) is 2.31. The fourth-order valence-corrected chi connectivity index (χ4v) is 2.07. The molecule has 0 saturated carbocycles. The van der Waals surface area contributed by atoms with Crippen molar-refractivity contribution in [1.29, 1.82) is 0 Å². The fourth-order valence-electron chi connectivity index (χ4n) is 1.36. The van der Waals surface area contributed by atoms with E-state index in [0.29, 0.717) is 6.54 Å². The molecule has 0 saturated heterocycles. The lowest BCUT2D eigenvalue weighted by Crippen LogP contribution is -2.45. The number of nitrogens with one attached hydrogen (secondary N) is 2. The van der Waals surface area contributed by atoms with Gasteiger partial charge in [-0.25, -0.2) is 4.39 Å². The monoisotopic (exact) mass is 284 g/mol. The largest absolute Gasteiger partial charge is 0.355 e. The van der Waals surface area contributed by atoms with E-state index in [1.165, 1.54) is 23.9 Å². The number of rotatable bonds is 6. The van der Waals surface area contributed by atoms with Gasteiger partial charge in [-0.3, -0.25) is 9.59 Å². The zero-order valence-corrected chi connectivity index (χ0v) is 11.7. The molecule has 0 aliphatic rings. The van der Waals surface area contributed by atoms with Crippen LogP contribution in [0.25, 0.3) is 0 Å². The minimum Gasteiger partial charge on any atom is -0.355 e. The van der Waals surface area contributed by atoms with Gasteiger partial charge in [-0.15, -0.1) is 11.8 Å². The Hall–Kier alpha value is -1.56. The predicted molar refractivity (Wildman–Crippen MR) is 73.4 cm³/mol. The van der Waals surface area contributed by atoms with Crippen LogP contribution in [0.4, 0.5) is 4.39 Å². The van der Waals surface area contributed by atoms with Crippen LogP contribution < -0.4 is 10.6 Å². The molecule has 0 aromatic heterocycles. The number of hydrogen-bond acceptors (Lipinski definition) is 3. The third kappa shape index (κ3) is 5.74. The van der Waals surface area contributed by atoms with Crippen LogP contribution in [0.5, 0.6) is 0 Å². The number of halogens is 1. The molecule has 19 heavy (non-hydrogen) atoms. The first kappa shape index (κ1) is 15.5. The summed E-state index contributed by atoms with van der Waals surface area (Å²) in [5, 5.41) is 5.23. The number of amides is 2. The van der Waals surface area contributed by atoms with Gasteiger partial charge in [0.2, 0.25) is 11.8 Å². The molecule has 2 N–H and O–H groups in total. The van der Waals surface area contributed by atoms with Gasteiger partial charge in [-0.05, 0) is 38.1 Å². The minimum absolute atomic E-state index is 0.190. The van der Waals surface area contributed by atoms with Gasteiger partial charge < -0.3 is 10.6 Å². The van der Waals surface area contributed by atoms with Crippen molar-refractivity contribution in [3.8, 4) is 0 Å². The SMILES string of the molecule is CCNC(=O)C(C)NC(=O)CSc1ccc(F)cc1. The van der Waals surface area contributed by atoms with Gasteiger partial charge in [-0.1, -0.05) is 0 Å². The normalized spacial score (nSPS) is 11.7. The van der Waals surface area contributed by atoms with Gasteiger partial charge in [-0.2, -0.15) is 0 Å². The van der Waals surface area contributed by atoms with Crippen molar-refractivity contribution in [1.82, 2.24) is 10.6 Å². The maximum absolute atomic E-state index is 12.7. The smallest absolute Gasteiger partial charge is 0.242 e. The molecule has 4 nitrogen and oxygen atoms in total. The number of hydrogen-bond donors (Lipinski definition) is 2. The number of carbonyl (C=O) groups is 2. The third-order valence-corrected chi connectivity index (χ3v) is 3.32. The summed E-state index contributed by atoms with van der Waals surface area (Å²) in [7, 11) is 0. The lowest BCUT2D eigenvalue weighted by Gasteiger charge is -2.13. The average Bonchev–Trinajstić information content (AvgIpc) is 2.38. The maximum atomic E-state index is 12.7. The Morgan fingerprint density at radius 3 is 2.53 bits per heavy atom. The molecule has 0 radical (unpaired) electrons. The molecule has 1 unspecified atom stereocenters. The highest BCUT2D eigenvalue weighted by Gasteiger charge is 2.14. The van der Waals surface area contributed by atoms with E-state index in [1.54, 1.807) is 19.1 Å². The van der Waals surface area contributed by atoms with Crippen LogP contribution >= 0.6 is 11.8 Å². The van der Waals surface area contributed by atoms with E-state index in [4.69, 9.17) is 0 Å². The molecule has 2 amide bonds. The van der Waals surface area contributed by atoms with Gasteiger partial charge in [0.1, 0.15) is 11.9 Å². The van der Waals surface area contributed by atoms with Crippen LogP contribution in [0.1, 0.15) is 13.8 Å². The molecule has 0 heterocycles. The van der Waals surface area contributed by atoms with Gasteiger partial charge in [0.15, 0.2) is 0 Å². The highest BCUT2D eigenvalue weighted by molar-refractivity contribution is 8.00. The Bertz CT molecular complexity index is 437. The summed E-state index contributed by atoms with van der Waals surface area (Å²) in [6.45, 7) is 3.98. The zero-order chi connectivity index (χ0) is 14.3. The molecule has 6 heteroatoms. The molecule has 1 aromatic rings. The first-order valence-electron chi connectivity index (χ1n) is 5.98. The topological polar surface area (TPSA) is 58.2 Å². The highest BCUT2D eigenvalue weighted by Crippen LogP contribution is 2.17. The van der Waals surface area contributed by atoms with Crippen molar-refractivity contribution < 1.29 is 14.0 Å². The zero-order valence-electron chi connectivity index (χ0n) is 10.9. The Balaban J connectivity index is 2.35. The van der Waals surface area contributed by atoms with Crippen LogP contribution in [0, 0.1) is 5.82 Å². The quantitative estimate of drug-likeness (QED) is 0.779. The van der Waals surface area contributed by atoms with Gasteiger partial charge in [0.25, 0.3) is 0 Å². The highest BCUT2D eigenvalue weighted by atomic mass is 32.2. The van der Waals surface area contributed by atoms with Crippen molar-refractivity contribution in [3.63, 3.8) is 0 Å². The van der Waals surface area contributed by atoms with Crippen molar-refractivity contribution in [3.05, 3.63) is 30.1 Å².